The first-order valence-electron chi connectivity index (χ1n) is 7.62. The number of anilines is 1. The van der Waals surface area contributed by atoms with Gasteiger partial charge < -0.3 is 29.1 Å². The highest BCUT2D eigenvalue weighted by Crippen LogP contribution is 2.45. The summed E-state index contributed by atoms with van der Waals surface area (Å²) < 4.78 is 21.3. The van der Waals surface area contributed by atoms with Crippen LogP contribution in [0.1, 0.15) is 23.6 Å². The predicted octanol–water partition coefficient (Wildman–Crippen LogP) is -0.117. The van der Waals surface area contributed by atoms with Crippen molar-refractivity contribution in [1.82, 2.24) is 9.97 Å². The van der Waals surface area contributed by atoms with Crippen LogP contribution in [0.25, 0.3) is 6.08 Å². The van der Waals surface area contributed by atoms with Crippen molar-refractivity contribution in [2.45, 2.75) is 30.7 Å². The molecule has 9 nitrogen and oxygen atoms in total. The van der Waals surface area contributed by atoms with Gasteiger partial charge in [0.25, 0.3) is 5.56 Å². The molecular formula is C14H19N3O6PS-. The molecule has 1 fully saturated rings. The third-order valence-corrected chi connectivity index (χ3v) is 5.92. The zero-order valence-electron chi connectivity index (χ0n) is 13.7. The number of hydrogen-bond acceptors (Lipinski definition) is 9. The fraction of sp³-hybridized carbons (Fsp3) is 0.571. The zero-order chi connectivity index (χ0) is 18.2. The molecule has 1 saturated heterocycles. The fourth-order valence-corrected chi connectivity index (χ4v) is 4.11. The van der Waals surface area contributed by atoms with E-state index in [1.54, 1.807) is 6.08 Å². The molecule has 0 amide bonds. The third kappa shape index (κ3) is 3.85. The molecule has 1 aliphatic carbocycles. The highest BCUT2D eigenvalue weighted by molar-refractivity contribution is 8.06. The SMILES string of the molecule is COCC1OC(C2C=Cc3c2nc(N)[nH]c3=O)CC1OP([O-])(=S)OC. The van der Waals surface area contributed by atoms with E-state index in [1.165, 1.54) is 14.2 Å². The number of fused-ring (bicyclic) bond motifs is 1. The van der Waals surface area contributed by atoms with E-state index in [2.05, 4.69) is 9.97 Å². The summed E-state index contributed by atoms with van der Waals surface area (Å²) in [6, 6.07) is 0. The van der Waals surface area contributed by atoms with E-state index < -0.39 is 18.9 Å². The summed E-state index contributed by atoms with van der Waals surface area (Å²) in [5.41, 5.74) is 6.36. The van der Waals surface area contributed by atoms with Crippen molar-refractivity contribution in [2.75, 3.05) is 26.6 Å². The standard InChI is InChI=1S/C14H20N3O6PS/c1-20-6-11-10(23-24(19,25)21-2)5-9(22-11)7-3-4-8-12(7)16-14(15)17-13(8)18/h3-4,7,9-11H,5-6H2,1-2H3,(H,19,25)(H3,15,16,17,18)/p-1. The summed E-state index contributed by atoms with van der Waals surface area (Å²) in [6.45, 7) is -3.34. The first-order valence-corrected chi connectivity index (χ1v) is 10.2. The van der Waals surface area contributed by atoms with Crippen molar-refractivity contribution in [1.29, 1.82) is 0 Å². The number of methoxy groups -OCH3 is 1. The molecular weight excluding hydrogens is 369 g/mol. The monoisotopic (exact) mass is 388 g/mol. The third-order valence-electron chi connectivity index (χ3n) is 4.24. The minimum atomic E-state index is -3.58. The molecule has 1 aromatic rings. The molecule has 0 spiro atoms. The summed E-state index contributed by atoms with van der Waals surface area (Å²) >= 11 is 4.82. The van der Waals surface area contributed by atoms with Crippen LogP contribution in [0.4, 0.5) is 5.95 Å². The van der Waals surface area contributed by atoms with Gasteiger partial charge in [0.2, 0.25) is 5.95 Å². The van der Waals surface area contributed by atoms with E-state index in [0.717, 1.165) is 0 Å². The molecule has 11 heteroatoms. The van der Waals surface area contributed by atoms with Crippen molar-refractivity contribution in [3.8, 4) is 0 Å². The topological polar surface area (TPSA) is 132 Å². The van der Waals surface area contributed by atoms with Crippen molar-refractivity contribution in [3.05, 3.63) is 27.7 Å². The Morgan fingerprint density at radius 2 is 2.32 bits per heavy atom. The number of nitrogens with two attached hydrogens (primary N) is 1. The maximum atomic E-state index is 12.0. The van der Waals surface area contributed by atoms with Crippen LogP contribution in [0.3, 0.4) is 0 Å². The second-order valence-electron chi connectivity index (χ2n) is 5.81. The Hall–Kier alpha value is -1.13. The molecule has 0 radical (unpaired) electrons. The number of rotatable bonds is 6. The van der Waals surface area contributed by atoms with E-state index in [0.29, 0.717) is 17.7 Å². The number of hydrogen-bond donors (Lipinski definition) is 2. The van der Waals surface area contributed by atoms with Gasteiger partial charge in [-0.05, 0) is 0 Å². The molecule has 3 N–H and O–H groups in total. The summed E-state index contributed by atoms with van der Waals surface area (Å²) in [5.74, 6) is -0.217. The van der Waals surface area contributed by atoms with Crippen molar-refractivity contribution in [2.24, 2.45) is 0 Å². The lowest BCUT2D eigenvalue weighted by molar-refractivity contribution is -0.210. The Labute approximate surface area is 149 Å². The van der Waals surface area contributed by atoms with Gasteiger partial charge in [-0.15, -0.1) is 0 Å². The molecule has 5 unspecified atom stereocenters. The Morgan fingerprint density at radius 1 is 1.56 bits per heavy atom. The summed E-state index contributed by atoms with van der Waals surface area (Å²) in [4.78, 5) is 30.7. The Kier molecular flexibility index (Phi) is 5.40. The first-order chi connectivity index (χ1) is 11.8. The normalized spacial score (nSPS) is 30.4. The van der Waals surface area contributed by atoms with Gasteiger partial charge >= 0.3 is 0 Å². The molecule has 0 bridgehead atoms. The lowest BCUT2D eigenvalue weighted by Gasteiger charge is -2.30. The number of H-pyrrole nitrogens is 1. The van der Waals surface area contributed by atoms with E-state index in [9.17, 15) is 9.69 Å². The average molecular weight is 388 g/mol. The first kappa shape index (κ1) is 18.7. The molecule has 3 rings (SSSR count). The van der Waals surface area contributed by atoms with Crippen LogP contribution in [0.2, 0.25) is 0 Å². The average Bonchev–Trinajstić information content (AvgIpc) is 3.12. The smallest absolute Gasteiger partial charge is 0.259 e. The maximum Gasteiger partial charge on any atom is 0.259 e. The Balaban J connectivity index is 1.83. The van der Waals surface area contributed by atoms with Gasteiger partial charge in [0.15, 0.2) is 0 Å². The van der Waals surface area contributed by atoms with Crippen LogP contribution < -0.4 is 16.2 Å². The van der Waals surface area contributed by atoms with Crippen LogP contribution in [-0.4, -0.2) is 49.1 Å². The van der Waals surface area contributed by atoms with Crippen molar-refractivity contribution in [3.63, 3.8) is 0 Å². The lowest BCUT2D eigenvalue weighted by atomic mass is 9.97. The highest BCUT2D eigenvalue weighted by Gasteiger charge is 2.42. The quantitative estimate of drug-likeness (QED) is 0.640. The molecule has 5 atom stereocenters. The zero-order valence-corrected chi connectivity index (χ0v) is 15.4. The van der Waals surface area contributed by atoms with E-state index >= 15 is 0 Å². The van der Waals surface area contributed by atoms with Crippen LogP contribution in [-0.2, 0) is 30.3 Å². The Morgan fingerprint density at radius 3 is 3.00 bits per heavy atom. The van der Waals surface area contributed by atoms with Gasteiger partial charge in [0.1, 0.15) is 12.8 Å². The number of ether oxygens (including phenoxy) is 2. The largest absolute Gasteiger partial charge is 0.780 e. The van der Waals surface area contributed by atoms with Crippen LogP contribution in [0.5, 0.6) is 0 Å². The van der Waals surface area contributed by atoms with Crippen molar-refractivity contribution < 1.29 is 23.4 Å². The highest BCUT2D eigenvalue weighted by atomic mass is 32.5. The molecule has 138 valence electrons. The van der Waals surface area contributed by atoms with Gasteiger partial charge in [0, 0.05) is 26.6 Å². The van der Waals surface area contributed by atoms with Gasteiger partial charge in [-0.3, -0.25) is 9.78 Å². The molecule has 2 aliphatic rings. The summed E-state index contributed by atoms with van der Waals surface area (Å²) in [7, 11) is 2.77. The second kappa shape index (κ2) is 7.24. The number of nitrogens with zero attached hydrogens (tertiary/aromatic N) is 1. The van der Waals surface area contributed by atoms with Gasteiger partial charge in [0.05, 0.1) is 30.1 Å². The van der Waals surface area contributed by atoms with Crippen LogP contribution in [0, 0.1) is 0 Å². The second-order valence-corrected chi connectivity index (χ2v) is 8.62. The van der Waals surface area contributed by atoms with Crippen molar-refractivity contribution >= 4 is 30.5 Å². The van der Waals surface area contributed by atoms with Crippen LogP contribution in [0.15, 0.2) is 10.9 Å². The minimum absolute atomic E-state index is 0.0473. The lowest BCUT2D eigenvalue weighted by Crippen LogP contribution is -2.29. The maximum absolute atomic E-state index is 12.0. The molecule has 0 saturated carbocycles. The summed E-state index contributed by atoms with van der Waals surface area (Å²) in [5, 5.41) is 0. The number of nitrogens with one attached hydrogen (secondary N) is 1. The fourth-order valence-electron chi connectivity index (χ4n) is 3.13. The number of aromatic nitrogens is 2. The molecule has 0 aromatic carbocycles. The van der Waals surface area contributed by atoms with E-state index in [-0.39, 0.29) is 30.1 Å². The predicted molar refractivity (Wildman–Crippen MR) is 92.4 cm³/mol. The molecule has 2 heterocycles. The van der Waals surface area contributed by atoms with Gasteiger partial charge in [-0.1, -0.05) is 24.0 Å². The summed E-state index contributed by atoms with van der Waals surface area (Å²) in [6.07, 6.45) is 2.58. The van der Waals surface area contributed by atoms with Gasteiger partial charge in [-0.25, -0.2) is 4.98 Å². The molecule has 25 heavy (non-hydrogen) atoms. The van der Waals surface area contributed by atoms with Crippen LogP contribution >= 0.6 is 6.72 Å². The van der Waals surface area contributed by atoms with E-state index in [1.807, 2.05) is 6.08 Å². The van der Waals surface area contributed by atoms with E-state index in [4.69, 9.17) is 36.1 Å². The number of nitrogen functional groups attached to an aromatic ring is 1. The molecule has 1 aliphatic heterocycles. The Bertz CT molecular complexity index is 784. The molecule has 1 aromatic heterocycles. The number of aromatic amines is 1. The minimum Gasteiger partial charge on any atom is -0.780 e. The van der Waals surface area contributed by atoms with Gasteiger partial charge in [-0.2, -0.15) is 0 Å².